The second-order valence-electron chi connectivity index (χ2n) is 4.76. The zero-order valence-electron chi connectivity index (χ0n) is 10.7. The molecule has 1 aliphatic rings. The summed E-state index contributed by atoms with van der Waals surface area (Å²) in [5.74, 6) is 0.705. The molecule has 1 aliphatic heterocycles. The van der Waals surface area contributed by atoms with Crippen LogP contribution in [0.5, 0.6) is 0 Å². The number of likely N-dealkylation sites (tertiary alicyclic amines) is 1. The Morgan fingerprint density at radius 3 is 2.88 bits per heavy atom. The summed E-state index contributed by atoms with van der Waals surface area (Å²) in [6, 6.07) is 0.288. The van der Waals surface area contributed by atoms with Gasteiger partial charge in [-0.1, -0.05) is 0 Å². The summed E-state index contributed by atoms with van der Waals surface area (Å²) in [5.41, 5.74) is 6.09. The van der Waals surface area contributed by atoms with Crippen molar-refractivity contribution in [1.82, 2.24) is 4.90 Å². The highest BCUT2D eigenvalue weighted by atomic mass is 16.5. The molecule has 1 saturated heterocycles. The van der Waals surface area contributed by atoms with Gasteiger partial charge in [0.05, 0.1) is 6.61 Å². The van der Waals surface area contributed by atoms with Gasteiger partial charge in [-0.25, -0.2) is 0 Å². The molecule has 1 heterocycles. The van der Waals surface area contributed by atoms with Crippen LogP contribution in [0.1, 0.15) is 19.3 Å². The predicted molar refractivity (Wildman–Crippen MR) is 65.5 cm³/mol. The molecule has 0 aromatic rings. The van der Waals surface area contributed by atoms with E-state index in [1.165, 1.54) is 13.0 Å². The van der Waals surface area contributed by atoms with E-state index < -0.39 is 0 Å². The van der Waals surface area contributed by atoms with Gasteiger partial charge in [0.1, 0.15) is 0 Å². The molecule has 1 rings (SSSR count). The lowest BCUT2D eigenvalue weighted by atomic mass is 10.1. The first-order chi connectivity index (χ1) is 7.76. The summed E-state index contributed by atoms with van der Waals surface area (Å²) < 4.78 is 10.2. The summed E-state index contributed by atoms with van der Waals surface area (Å²) in [6.07, 6.45) is 3.37. The smallest absolute Gasteiger partial charge is 0.0503 e. The number of rotatable bonds is 8. The van der Waals surface area contributed by atoms with Gasteiger partial charge in [-0.2, -0.15) is 0 Å². The Bertz CT molecular complexity index is 178. The molecular weight excluding hydrogens is 204 g/mol. The lowest BCUT2D eigenvalue weighted by molar-refractivity contribution is 0.151. The van der Waals surface area contributed by atoms with E-state index in [0.29, 0.717) is 5.92 Å². The molecule has 0 aromatic carbocycles. The van der Waals surface area contributed by atoms with Crippen molar-refractivity contribution in [2.75, 3.05) is 47.1 Å². The SMILES string of the molecule is COCCCC(N)CN1CCC(COC)C1. The minimum atomic E-state index is 0.288. The third-order valence-corrected chi connectivity index (χ3v) is 3.19. The molecule has 0 aromatic heterocycles. The maximum atomic E-state index is 6.09. The molecule has 0 spiro atoms. The van der Waals surface area contributed by atoms with Gasteiger partial charge in [-0.05, 0) is 31.7 Å². The minimum Gasteiger partial charge on any atom is -0.385 e. The lowest BCUT2D eigenvalue weighted by Crippen LogP contribution is -2.36. The first-order valence-electron chi connectivity index (χ1n) is 6.22. The summed E-state index contributed by atoms with van der Waals surface area (Å²) in [4.78, 5) is 2.46. The van der Waals surface area contributed by atoms with Crippen LogP contribution < -0.4 is 5.73 Å². The van der Waals surface area contributed by atoms with Gasteiger partial charge in [0, 0.05) is 40.0 Å². The second-order valence-corrected chi connectivity index (χ2v) is 4.76. The highest BCUT2D eigenvalue weighted by molar-refractivity contribution is 4.78. The molecule has 2 atom stereocenters. The van der Waals surface area contributed by atoms with Crippen molar-refractivity contribution in [2.24, 2.45) is 11.7 Å². The number of methoxy groups -OCH3 is 2. The van der Waals surface area contributed by atoms with Gasteiger partial charge in [-0.3, -0.25) is 0 Å². The van der Waals surface area contributed by atoms with Gasteiger partial charge in [-0.15, -0.1) is 0 Å². The fourth-order valence-electron chi connectivity index (χ4n) is 2.36. The average Bonchev–Trinajstić information content (AvgIpc) is 2.66. The maximum absolute atomic E-state index is 6.09. The topological polar surface area (TPSA) is 47.7 Å². The maximum Gasteiger partial charge on any atom is 0.0503 e. The van der Waals surface area contributed by atoms with Crippen LogP contribution in [0.3, 0.4) is 0 Å². The Morgan fingerprint density at radius 2 is 2.19 bits per heavy atom. The van der Waals surface area contributed by atoms with Gasteiger partial charge in [0.25, 0.3) is 0 Å². The molecule has 0 saturated carbocycles. The third kappa shape index (κ3) is 5.25. The third-order valence-electron chi connectivity index (χ3n) is 3.19. The van der Waals surface area contributed by atoms with E-state index in [-0.39, 0.29) is 6.04 Å². The molecule has 0 bridgehead atoms. The van der Waals surface area contributed by atoms with Crippen LogP contribution in [0.15, 0.2) is 0 Å². The summed E-state index contributed by atoms with van der Waals surface area (Å²) in [5, 5.41) is 0. The summed E-state index contributed by atoms with van der Waals surface area (Å²) in [6.45, 7) is 5.04. The van der Waals surface area contributed by atoms with Crippen molar-refractivity contribution in [3.8, 4) is 0 Å². The van der Waals surface area contributed by atoms with E-state index in [1.54, 1.807) is 14.2 Å². The Labute approximate surface area is 99.1 Å². The van der Waals surface area contributed by atoms with Crippen LogP contribution in [-0.2, 0) is 9.47 Å². The van der Waals surface area contributed by atoms with Gasteiger partial charge < -0.3 is 20.1 Å². The van der Waals surface area contributed by atoms with Crippen molar-refractivity contribution in [3.63, 3.8) is 0 Å². The van der Waals surface area contributed by atoms with Gasteiger partial charge >= 0.3 is 0 Å². The molecule has 1 fully saturated rings. The van der Waals surface area contributed by atoms with Gasteiger partial charge in [0.2, 0.25) is 0 Å². The minimum absolute atomic E-state index is 0.288. The van der Waals surface area contributed by atoms with E-state index in [1.807, 2.05) is 0 Å². The fraction of sp³-hybridized carbons (Fsp3) is 1.00. The van der Waals surface area contributed by atoms with E-state index in [0.717, 1.165) is 39.1 Å². The molecule has 0 amide bonds. The van der Waals surface area contributed by atoms with Crippen LogP contribution in [0.25, 0.3) is 0 Å². The largest absolute Gasteiger partial charge is 0.385 e. The van der Waals surface area contributed by atoms with Crippen molar-refractivity contribution >= 4 is 0 Å². The Hall–Kier alpha value is -0.160. The monoisotopic (exact) mass is 230 g/mol. The zero-order chi connectivity index (χ0) is 11.8. The number of nitrogens with two attached hydrogens (primary N) is 1. The Balaban J connectivity index is 2.08. The van der Waals surface area contributed by atoms with Crippen LogP contribution in [-0.4, -0.2) is 58.0 Å². The average molecular weight is 230 g/mol. The summed E-state index contributed by atoms with van der Waals surface area (Å²) in [7, 11) is 3.51. The Morgan fingerprint density at radius 1 is 1.38 bits per heavy atom. The second kappa shape index (κ2) is 8.01. The van der Waals surface area contributed by atoms with Crippen LogP contribution in [0.2, 0.25) is 0 Å². The lowest BCUT2D eigenvalue weighted by Gasteiger charge is -2.20. The van der Waals surface area contributed by atoms with Crippen LogP contribution in [0.4, 0.5) is 0 Å². The highest BCUT2D eigenvalue weighted by Crippen LogP contribution is 2.16. The van der Waals surface area contributed by atoms with Crippen molar-refractivity contribution in [3.05, 3.63) is 0 Å². The van der Waals surface area contributed by atoms with E-state index in [9.17, 15) is 0 Å². The molecule has 2 N–H and O–H groups in total. The first-order valence-corrected chi connectivity index (χ1v) is 6.22. The van der Waals surface area contributed by atoms with E-state index >= 15 is 0 Å². The van der Waals surface area contributed by atoms with Crippen LogP contribution >= 0.6 is 0 Å². The van der Waals surface area contributed by atoms with Crippen molar-refractivity contribution < 1.29 is 9.47 Å². The number of nitrogens with zero attached hydrogens (tertiary/aromatic N) is 1. The van der Waals surface area contributed by atoms with Crippen LogP contribution in [0, 0.1) is 5.92 Å². The molecular formula is C12H26N2O2. The molecule has 4 nitrogen and oxygen atoms in total. The zero-order valence-corrected chi connectivity index (χ0v) is 10.7. The highest BCUT2D eigenvalue weighted by Gasteiger charge is 2.23. The van der Waals surface area contributed by atoms with Crippen molar-refractivity contribution in [1.29, 1.82) is 0 Å². The molecule has 2 unspecified atom stereocenters. The van der Waals surface area contributed by atoms with Crippen molar-refractivity contribution in [2.45, 2.75) is 25.3 Å². The number of hydrogen-bond donors (Lipinski definition) is 1. The molecule has 4 heteroatoms. The standard InChI is InChI=1S/C12H26N2O2/c1-15-7-3-4-12(13)9-14-6-5-11(8-14)10-16-2/h11-12H,3-10,13H2,1-2H3. The normalized spacial score (nSPS) is 23.8. The molecule has 0 radical (unpaired) electrons. The molecule has 0 aliphatic carbocycles. The van der Waals surface area contributed by atoms with E-state index in [2.05, 4.69) is 4.90 Å². The van der Waals surface area contributed by atoms with E-state index in [4.69, 9.17) is 15.2 Å². The Kier molecular flexibility index (Phi) is 6.96. The predicted octanol–water partition coefficient (Wildman–Crippen LogP) is 0.709. The fourth-order valence-corrected chi connectivity index (χ4v) is 2.36. The quantitative estimate of drug-likeness (QED) is 0.624. The molecule has 16 heavy (non-hydrogen) atoms. The van der Waals surface area contributed by atoms with Gasteiger partial charge in [0.15, 0.2) is 0 Å². The first kappa shape index (κ1) is 13.9. The number of hydrogen-bond acceptors (Lipinski definition) is 4. The number of ether oxygens (including phenoxy) is 2. The molecule has 96 valence electrons. The summed E-state index contributed by atoms with van der Waals surface area (Å²) >= 11 is 0.